The Bertz CT molecular complexity index is 1100. The van der Waals surface area contributed by atoms with E-state index in [9.17, 15) is 14.4 Å². The van der Waals surface area contributed by atoms with E-state index in [1.165, 1.54) is 4.57 Å². The molecule has 0 spiro atoms. The van der Waals surface area contributed by atoms with Crippen molar-refractivity contribution >= 4 is 38.6 Å². The van der Waals surface area contributed by atoms with E-state index in [0.29, 0.717) is 23.1 Å². The van der Waals surface area contributed by atoms with Gasteiger partial charge in [-0.15, -0.1) is 0 Å². The zero-order chi connectivity index (χ0) is 17.6. The third-order valence-corrected chi connectivity index (χ3v) is 4.81. The lowest BCUT2D eigenvalue weighted by Gasteiger charge is -2.14. The highest BCUT2D eigenvalue weighted by Crippen LogP contribution is 2.33. The summed E-state index contributed by atoms with van der Waals surface area (Å²) in [6, 6.07) is 12.5. The molecule has 0 saturated heterocycles. The second kappa shape index (κ2) is 6.00. The minimum absolute atomic E-state index is 0.125. The number of H-pyrrole nitrogens is 1. The van der Waals surface area contributed by atoms with Gasteiger partial charge in [0, 0.05) is 16.6 Å². The predicted octanol–water partition coefficient (Wildman–Crippen LogP) is 2.58. The number of rotatable bonds is 3. The number of nitrogens with one attached hydrogen (secondary N) is 2. The minimum Gasteiger partial charge on any atom is -0.326 e. The lowest BCUT2D eigenvalue weighted by Crippen LogP contribution is -2.37. The van der Waals surface area contributed by atoms with Gasteiger partial charge in [-0.25, -0.2) is 0 Å². The molecule has 0 saturated carbocycles. The van der Waals surface area contributed by atoms with Crippen LogP contribution in [-0.2, 0) is 11.2 Å². The van der Waals surface area contributed by atoms with Crippen molar-refractivity contribution in [2.75, 3.05) is 5.32 Å². The summed E-state index contributed by atoms with van der Waals surface area (Å²) in [6.07, 6.45) is 0.657. The molecule has 1 unspecified atom stereocenters. The number of anilines is 1. The first-order valence-electron chi connectivity index (χ1n) is 7.85. The number of amides is 1. The highest BCUT2D eigenvalue weighted by molar-refractivity contribution is 9.10. The van der Waals surface area contributed by atoms with Crippen molar-refractivity contribution in [3.8, 4) is 0 Å². The first-order chi connectivity index (χ1) is 12.0. The van der Waals surface area contributed by atoms with Gasteiger partial charge in [0.2, 0.25) is 5.91 Å². The second-order valence-electron chi connectivity index (χ2n) is 6.07. The van der Waals surface area contributed by atoms with Crippen LogP contribution in [0.25, 0.3) is 11.0 Å². The average Bonchev–Trinajstić information content (AvgIpc) is 2.91. The fraction of sp³-hybridized carbons (Fsp3) is 0.167. The van der Waals surface area contributed by atoms with Crippen LogP contribution in [0.2, 0.25) is 0 Å². The molecule has 1 amide bonds. The van der Waals surface area contributed by atoms with Gasteiger partial charge in [-0.1, -0.05) is 34.1 Å². The van der Waals surface area contributed by atoms with E-state index in [2.05, 4.69) is 26.2 Å². The highest BCUT2D eigenvalue weighted by Gasteiger charge is 2.29. The maximum Gasteiger partial charge on any atom is 0.317 e. The zero-order valence-corrected chi connectivity index (χ0v) is 14.7. The number of para-hydroxylation sites is 1. The monoisotopic (exact) mass is 399 g/mol. The minimum atomic E-state index is -0.674. The van der Waals surface area contributed by atoms with Crippen molar-refractivity contribution in [1.29, 1.82) is 0 Å². The van der Waals surface area contributed by atoms with Crippen molar-refractivity contribution in [1.82, 2.24) is 9.55 Å². The van der Waals surface area contributed by atoms with Gasteiger partial charge in [0.1, 0.15) is 0 Å². The Morgan fingerprint density at radius 2 is 2.00 bits per heavy atom. The number of aromatic nitrogens is 2. The summed E-state index contributed by atoms with van der Waals surface area (Å²) in [5.74, 6) is -0.191. The number of hydrogen-bond acceptors (Lipinski definition) is 3. The van der Waals surface area contributed by atoms with Crippen LogP contribution in [0.3, 0.4) is 0 Å². The van der Waals surface area contributed by atoms with Crippen molar-refractivity contribution in [3.63, 3.8) is 0 Å². The molecule has 1 atom stereocenters. The Morgan fingerprint density at radius 3 is 2.76 bits per heavy atom. The normalized spacial score (nSPS) is 15.5. The van der Waals surface area contributed by atoms with Crippen LogP contribution >= 0.6 is 15.9 Å². The van der Waals surface area contributed by atoms with Crippen LogP contribution in [0.5, 0.6) is 0 Å². The smallest absolute Gasteiger partial charge is 0.317 e. The number of hydrogen-bond donors (Lipinski definition) is 2. The predicted molar refractivity (Wildman–Crippen MR) is 99.0 cm³/mol. The van der Waals surface area contributed by atoms with E-state index in [1.807, 2.05) is 24.3 Å². The van der Waals surface area contributed by atoms with Crippen LogP contribution < -0.4 is 16.4 Å². The largest absolute Gasteiger partial charge is 0.326 e. The van der Waals surface area contributed by atoms with E-state index in [0.717, 1.165) is 10.0 Å². The van der Waals surface area contributed by atoms with E-state index in [4.69, 9.17) is 0 Å². The van der Waals surface area contributed by atoms with Gasteiger partial charge in [-0.05, 0) is 36.2 Å². The first kappa shape index (κ1) is 15.8. The van der Waals surface area contributed by atoms with E-state index < -0.39 is 11.1 Å². The molecule has 126 valence electrons. The van der Waals surface area contributed by atoms with Crippen molar-refractivity contribution in [3.05, 3.63) is 73.2 Å². The molecule has 2 heterocycles. The second-order valence-corrected chi connectivity index (χ2v) is 6.98. The standard InChI is InChI=1S/C18H14BrN3O3/c19-11-6-10-7-13(9-15(23)20-12-4-2-1-3-5-12)22-16(10)14(8-11)21-17(24)18(22)25/h1-6,8,13H,7,9H2,(H,20,23)(H,21,24). The summed E-state index contributed by atoms with van der Waals surface area (Å²) in [7, 11) is 0. The molecule has 2 N–H and O–H groups in total. The summed E-state index contributed by atoms with van der Waals surface area (Å²) in [5.41, 5.74) is 1.65. The third kappa shape index (κ3) is 2.80. The van der Waals surface area contributed by atoms with Gasteiger partial charge >= 0.3 is 11.1 Å². The topological polar surface area (TPSA) is 84.0 Å². The molecule has 3 aromatic rings. The lowest BCUT2D eigenvalue weighted by atomic mass is 10.1. The fourth-order valence-electron chi connectivity index (χ4n) is 3.38. The Morgan fingerprint density at radius 1 is 1.24 bits per heavy atom. The molecule has 6 nitrogen and oxygen atoms in total. The molecule has 1 aromatic heterocycles. The molecule has 0 bridgehead atoms. The quantitative estimate of drug-likeness (QED) is 0.663. The van der Waals surface area contributed by atoms with Crippen molar-refractivity contribution in [2.45, 2.75) is 18.9 Å². The number of benzene rings is 2. The first-order valence-corrected chi connectivity index (χ1v) is 8.64. The molecule has 7 heteroatoms. The average molecular weight is 400 g/mol. The van der Waals surface area contributed by atoms with Gasteiger partial charge in [0.25, 0.3) is 0 Å². The van der Waals surface area contributed by atoms with Crippen LogP contribution in [0.4, 0.5) is 5.69 Å². The van der Waals surface area contributed by atoms with Crippen LogP contribution in [0.15, 0.2) is 56.5 Å². The molecule has 1 aliphatic heterocycles. The maximum atomic E-state index is 12.4. The molecule has 1 aliphatic rings. The summed E-state index contributed by atoms with van der Waals surface area (Å²) in [6.45, 7) is 0. The van der Waals surface area contributed by atoms with Crippen molar-refractivity contribution < 1.29 is 4.79 Å². The van der Waals surface area contributed by atoms with Crippen molar-refractivity contribution in [2.24, 2.45) is 0 Å². The Balaban J connectivity index is 1.70. The number of carbonyl (C=O) groups excluding carboxylic acids is 1. The Hall–Kier alpha value is -2.67. The van der Waals surface area contributed by atoms with Gasteiger partial charge < -0.3 is 10.3 Å². The van der Waals surface area contributed by atoms with E-state index >= 15 is 0 Å². The molecule has 4 rings (SSSR count). The summed E-state index contributed by atoms with van der Waals surface area (Å²) < 4.78 is 2.28. The van der Waals surface area contributed by atoms with E-state index in [1.54, 1.807) is 18.2 Å². The Kier molecular flexibility index (Phi) is 3.80. The van der Waals surface area contributed by atoms with E-state index in [-0.39, 0.29) is 18.4 Å². The lowest BCUT2D eigenvalue weighted by molar-refractivity contribution is -0.116. The van der Waals surface area contributed by atoms with Gasteiger partial charge in [-0.2, -0.15) is 0 Å². The summed E-state index contributed by atoms with van der Waals surface area (Å²) >= 11 is 3.42. The van der Waals surface area contributed by atoms with Crippen LogP contribution in [0.1, 0.15) is 18.0 Å². The fourth-order valence-corrected chi connectivity index (χ4v) is 3.89. The molecule has 0 fully saturated rings. The SMILES string of the molecule is O=C(CC1Cc2cc(Br)cc3[nH]c(=O)c(=O)n1c23)Nc1ccccc1. The van der Waals surface area contributed by atoms with Crippen LogP contribution in [-0.4, -0.2) is 15.5 Å². The molecule has 2 aromatic carbocycles. The number of carbonyl (C=O) groups is 1. The van der Waals surface area contributed by atoms with Gasteiger partial charge in [0.15, 0.2) is 0 Å². The molecular weight excluding hydrogens is 386 g/mol. The van der Waals surface area contributed by atoms with Gasteiger partial charge in [-0.3, -0.25) is 19.0 Å². The molecule has 0 aliphatic carbocycles. The Labute approximate surface area is 150 Å². The van der Waals surface area contributed by atoms with Gasteiger partial charge in [0.05, 0.1) is 17.1 Å². The summed E-state index contributed by atoms with van der Waals surface area (Å²) in [5, 5.41) is 2.82. The number of halogens is 1. The number of nitrogens with zero attached hydrogens (tertiary/aromatic N) is 1. The highest BCUT2D eigenvalue weighted by atomic mass is 79.9. The summed E-state index contributed by atoms with van der Waals surface area (Å²) in [4.78, 5) is 39.3. The maximum absolute atomic E-state index is 12.4. The molecular formula is C18H14BrN3O3. The number of aromatic amines is 1. The molecule has 25 heavy (non-hydrogen) atoms. The van der Waals surface area contributed by atoms with Crippen LogP contribution in [0, 0.1) is 0 Å². The zero-order valence-electron chi connectivity index (χ0n) is 13.1. The molecule has 0 radical (unpaired) electrons. The third-order valence-electron chi connectivity index (χ3n) is 4.36.